The molecule has 0 aromatic heterocycles. The van der Waals surface area contributed by atoms with Crippen LogP contribution in [0.2, 0.25) is 0 Å². The number of hydrogen-bond donors (Lipinski definition) is 1. The van der Waals surface area contributed by atoms with Crippen LogP contribution < -0.4 is 5.32 Å². The van der Waals surface area contributed by atoms with Gasteiger partial charge in [-0.25, -0.2) is 0 Å². The zero-order chi connectivity index (χ0) is 12.6. The summed E-state index contributed by atoms with van der Waals surface area (Å²) in [6, 6.07) is 0.520. The molecule has 1 atom stereocenters. The van der Waals surface area contributed by atoms with E-state index in [1.54, 1.807) is 7.11 Å². The number of hydrogen-bond acceptors (Lipinski definition) is 3. The summed E-state index contributed by atoms with van der Waals surface area (Å²) in [5, 5.41) is 3.39. The number of amides is 1. The van der Waals surface area contributed by atoms with Crippen LogP contribution in [-0.4, -0.2) is 50.2 Å². The van der Waals surface area contributed by atoms with Crippen LogP contribution in [0, 0.1) is 11.3 Å². The van der Waals surface area contributed by atoms with E-state index >= 15 is 0 Å². The minimum Gasteiger partial charge on any atom is -0.383 e. The summed E-state index contributed by atoms with van der Waals surface area (Å²) in [6.45, 7) is 3.63. The molecule has 1 amide bonds. The summed E-state index contributed by atoms with van der Waals surface area (Å²) in [5.74, 6) is 0.730. The topological polar surface area (TPSA) is 41.6 Å². The van der Waals surface area contributed by atoms with Crippen LogP contribution in [0.3, 0.4) is 0 Å². The van der Waals surface area contributed by atoms with Crippen LogP contribution in [-0.2, 0) is 9.53 Å². The second-order valence-corrected chi connectivity index (χ2v) is 6.12. The normalized spacial score (nSPS) is 29.3. The van der Waals surface area contributed by atoms with Gasteiger partial charge in [0, 0.05) is 25.6 Å². The quantitative estimate of drug-likeness (QED) is 0.794. The Kier molecular flexibility index (Phi) is 3.32. The highest BCUT2D eigenvalue weighted by molar-refractivity contribution is 5.83. The zero-order valence-electron chi connectivity index (χ0n) is 11.3. The number of rotatable bonds is 5. The van der Waals surface area contributed by atoms with Gasteiger partial charge in [-0.1, -0.05) is 0 Å². The highest BCUT2D eigenvalue weighted by atomic mass is 16.5. The smallest absolute Gasteiger partial charge is 0.226 e. The van der Waals surface area contributed by atoms with E-state index in [1.165, 1.54) is 25.7 Å². The lowest BCUT2D eigenvalue weighted by molar-refractivity contribution is -0.134. The van der Waals surface area contributed by atoms with Crippen molar-refractivity contribution in [2.75, 3.05) is 33.4 Å². The van der Waals surface area contributed by atoms with E-state index in [2.05, 4.69) is 10.2 Å². The number of ether oxygens (including phenoxy) is 1. The summed E-state index contributed by atoms with van der Waals surface area (Å²) in [4.78, 5) is 14.7. The molecule has 1 spiro atoms. The third-order valence-electron chi connectivity index (χ3n) is 4.89. The molecule has 1 heterocycles. The van der Waals surface area contributed by atoms with Gasteiger partial charge >= 0.3 is 0 Å². The standard InChI is InChI=1S/C14H24N2O2/c1-18-9-8-16(11-2-3-11)13(17)12-10-14(12)4-6-15-7-5-14/h11-12,15H,2-10H2,1H3. The molecule has 3 aliphatic rings. The summed E-state index contributed by atoms with van der Waals surface area (Å²) in [7, 11) is 1.71. The molecule has 0 aromatic carbocycles. The first-order valence-electron chi connectivity index (χ1n) is 7.27. The number of carbonyl (C=O) groups is 1. The van der Waals surface area contributed by atoms with Crippen molar-refractivity contribution in [2.45, 2.75) is 38.1 Å². The molecule has 4 nitrogen and oxygen atoms in total. The molecule has 18 heavy (non-hydrogen) atoms. The lowest BCUT2D eigenvalue weighted by Gasteiger charge is -2.27. The third kappa shape index (κ3) is 2.28. The van der Waals surface area contributed by atoms with E-state index in [0.717, 1.165) is 26.1 Å². The lowest BCUT2D eigenvalue weighted by Crippen LogP contribution is -2.39. The number of methoxy groups -OCH3 is 1. The Morgan fingerprint density at radius 2 is 2.11 bits per heavy atom. The molecule has 102 valence electrons. The summed E-state index contributed by atoms with van der Waals surface area (Å²) >= 11 is 0. The number of nitrogens with zero attached hydrogens (tertiary/aromatic N) is 1. The maximum atomic E-state index is 12.6. The maximum absolute atomic E-state index is 12.6. The Bertz CT molecular complexity index is 322. The summed E-state index contributed by atoms with van der Waals surface area (Å²) in [6.07, 6.45) is 5.88. The number of carbonyl (C=O) groups excluding carboxylic acids is 1. The van der Waals surface area contributed by atoms with Crippen molar-refractivity contribution < 1.29 is 9.53 Å². The van der Waals surface area contributed by atoms with E-state index in [9.17, 15) is 4.79 Å². The molecular formula is C14H24N2O2. The van der Waals surface area contributed by atoms with Crippen molar-refractivity contribution in [3.63, 3.8) is 0 Å². The van der Waals surface area contributed by atoms with Gasteiger partial charge < -0.3 is 15.0 Å². The SMILES string of the molecule is COCCN(C(=O)C1CC12CCNCC2)C1CC1. The molecule has 1 aliphatic heterocycles. The molecule has 3 rings (SSSR count). The minimum absolute atomic E-state index is 0.317. The van der Waals surface area contributed by atoms with Gasteiger partial charge in [-0.15, -0.1) is 0 Å². The Labute approximate surface area is 109 Å². The average Bonchev–Trinajstić information content (AvgIpc) is 3.28. The molecular weight excluding hydrogens is 228 g/mol. The van der Waals surface area contributed by atoms with E-state index in [0.29, 0.717) is 29.9 Å². The first-order valence-corrected chi connectivity index (χ1v) is 7.27. The first-order chi connectivity index (χ1) is 8.77. The van der Waals surface area contributed by atoms with Gasteiger partial charge in [-0.05, 0) is 50.6 Å². The molecule has 1 saturated heterocycles. The van der Waals surface area contributed by atoms with Gasteiger partial charge in [0.1, 0.15) is 0 Å². The molecule has 0 radical (unpaired) electrons. The predicted molar refractivity (Wildman–Crippen MR) is 69.3 cm³/mol. The number of piperidine rings is 1. The van der Waals surface area contributed by atoms with Crippen LogP contribution in [0.4, 0.5) is 0 Å². The van der Waals surface area contributed by atoms with Crippen molar-refractivity contribution in [3.8, 4) is 0 Å². The fourth-order valence-corrected chi connectivity index (χ4v) is 3.42. The van der Waals surface area contributed by atoms with Crippen LogP contribution in [0.25, 0.3) is 0 Å². The van der Waals surface area contributed by atoms with E-state index < -0.39 is 0 Å². The summed E-state index contributed by atoms with van der Waals surface area (Å²) in [5.41, 5.74) is 0.364. The molecule has 3 fully saturated rings. The Balaban J connectivity index is 1.59. The van der Waals surface area contributed by atoms with Gasteiger partial charge in [0.15, 0.2) is 0 Å². The van der Waals surface area contributed by atoms with Gasteiger partial charge in [-0.2, -0.15) is 0 Å². The van der Waals surface area contributed by atoms with Gasteiger partial charge in [-0.3, -0.25) is 4.79 Å². The molecule has 1 unspecified atom stereocenters. The Morgan fingerprint density at radius 1 is 1.39 bits per heavy atom. The van der Waals surface area contributed by atoms with Crippen LogP contribution in [0.15, 0.2) is 0 Å². The first kappa shape index (κ1) is 12.4. The molecule has 2 aliphatic carbocycles. The van der Waals surface area contributed by atoms with Crippen LogP contribution in [0.5, 0.6) is 0 Å². The highest BCUT2D eigenvalue weighted by Crippen LogP contribution is 2.59. The Morgan fingerprint density at radius 3 is 2.72 bits per heavy atom. The fraction of sp³-hybridized carbons (Fsp3) is 0.929. The number of nitrogens with one attached hydrogen (secondary N) is 1. The predicted octanol–water partition coefficient (Wildman–Crippen LogP) is 1.01. The van der Waals surface area contributed by atoms with E-state index in [4.69, 9.17) is 4.74 Å². The van der Waals surface area contributed by atoms with Crippen LogP contribution in [0.1, 0.15) is 32.1 Å². The summed E-state index contributed by atoms with van der Waals surface area (Å²) < 4.78 is 5.13. The van der Waals surface area contributed by atoms with Crippen molar-refractivity contribution in [2.24, 2.45) is 11.3 Å². The highest BCUT2D eigenvalue weighted by Gasteiger charge is 2.59. The second-order valence-electron chi connectivity index (χ2n) is 6.12. The van der Waals surface area contributed by atoms with Gasteiger partial charge in [0.2, 0.25) is 5.91 Å². The van der Waals surface area contributed by atoms with E-state index in [1.807, 2.05) is 0 Å². The van der Waals surface area contributed by atoms with E-state index in [-0.39, 0.29) is 0 Å². The lowest BCUT2D eigenvalue weighted by atomic mass is 9.91. The van der Waals surface area contributed by atoms with Crippen LogP contribution >= 0.6 is 0 Å². The maximum Gasteiger partial charge on any atom is 0.226 e. The monoisotopic (exact) mass is 252 g/mol. The van der Waals surface area contributed by atoms with Crippen molar-refractivity contribution >= 4 is 5.91 Å². The second kappa shape index (κ2) is 4.82. The van der Waals surface area contributed by atoms with Crippen molar-refractivity contribution in [1.29, 1.82) is 0 Å². The molecule has 0 aromatic rings. The zero-order valence-corrected chi connectivity index (χ0v) is 11.3. The van der Waals surface area contributed by atoms with Crippen molar-refractivity contribution in [3.05, 3.63) is 0 Å². The molecule has 2 saturated carbocycles. The molecule has 0 bridgehead atoms. The molecule has 4 heteroatoms. The van der Waals surface area contributed by atoms with Gasteiger partial charge in [0.25, 0.3) is 0 Å². The Hall–Kier alpha value is -0.610. The largest absolute Gasteiger partial charge is 0.383 e. The fourth-order valence-electron chi connectivity index (χ4n) is 3.42. The molecule has 1 N–H and O–H groups in total. The average molecular weight is 252 g/mol. The minimum atomic E-state index is 0.317. The van der Waals surface area contributed by atoms with Crippen molar-refractivity contribution in [1.82, 2.24) is 10.2 Å². The van der Waals surface area contributed by atoms with Gasteiger partial charge in [0.05, 0.1) is 6.61 Å². The third-order valence-corrected chi connectivity index (χ3v) is 4.89.